The van der Waals surface area contributed by atoms with E-state index in [0.717, 1.165) is 22.2 Å². The summed E-state index contributed by atoms with van der Waals surface area (Å²) in [6.45, 7) is 8.82. The summed E-state index contributed by atoms with van der Waals surface area (Å²) in [4.78, 5) is 22.1. The lowest BCUT2D eigenvalue weighted by Crippen LogP contribution is -2.33. The normalized spacial score (nSPS) is 16.8. The Balaban J connectivity index is 1.98. The van der Waals surface area contributed by atoms with Crippen LogP contribution >= 0.6 is 0 Å². The third-order valence-corrected chi connectivity index (χ3v) is 5.02. The van der Waals surface area contributed by atoms with Crippen LogP contribution in [-0.2, 0) is 17.8 Å². The molecule has 1 N–H and O–H groups in total. The number of fused-ring (bicyclic) bond motifs is 6. The van der Waals surface area contributed by atoms with Gasteiger partial charge in [0.1, 0.15) is 11.8 Å². The molecule has 0 spiro atoms. The van der Waals surface area contributed by atoms with Crippen molar-refractivity contribution in [3.8, 4) is 0 Å². The Kier molecular flexibility index (Phi) is 2.93. The molecule has 0 unspecified atom stereocenters. The third kappa shape index (κ3) is 1.99. The Morgan fingerprint density at radius 1 is 1.27 bits per heavy atom. The number of rotatable bonds is 1. The molecule has 8 nitrogen and oxygen atoms in total. The second-order valence-corrected chi connectivity index (χ2v) is 7.76. The van der Waals surface area contributed by atoms with Crippen LogP contribution in [0.4, 0.5) is 0 Å². The fourth-order valence-electron chi connectivity index (χ4n) is 3.77. The fraction of sp³-hybridized carbons (Fsp3) is 0.444. The molecule has 0 fully saturated rings. The first-order valence-corrected chi connectivity index (χ1v) is 8.69. The highest BCUT2D eigenvalue weighted by molar-refractivity contribution is 6.03. The van der Waals surface area contributed by atoms with Crippen LogP contribution in [0.1, 0.15) is 50.4 Å². The largest absolute Gasteiger partial charge is 0.430 e. The molecule has 0 saturated carbocycles. The summed E-state index contributed by atoms with van der Waals surface area (Å²) in [5.41, 5.74) is 3.77. The van der Waals surface area contributed by atoms with Crippen LogP contribution in [0.2, 0.25) is 0 Å². The van der Waals surface area contributed by atoms with Gasteiger partial charge in [-0.15, -0.1) is 0 Å². The Labute approximate surface area is 148 Å². The molecule has 1 aliphatic heterocycles. The maximum atomic E-state index is 12.7. The van der Waals surface area contributed by atoms with E-state index < -0.39 is 0 Å². The van der Waals surface area contributed by atoms with E-state index in [2.05, 4.69) is 42.9 Å². The molecule has 4 aromatic heterocycles. The first-order chi connectivity index (χ1) is 12.4. The number of nitrogens with one attached hydrogen (secondary N) is 1. The van der Waals surface area contributed by atoms with Crippen LogP contribution in [0.3, 0.4) is 0 Å². The molecule has 134 valence electrons. The van der Waals surface area contributed by atoms with Crippen LogP contribution in [0.15, 0.2) is 15.5 Å². The smallest absolute Gasteiger partial charge is 0.304 e. The van der Waals surface area contributed by atoms with E-state index in [-0.39, 0.29) is 22.7 Å². The van der Waals surface area contributed by atoms with Gasteiger partial charge >= 0.3 is 5.56 Å². The Hall–Kier alpha value is -2.74. The maximum absolute atomic E-state index is 12.7. The first-order valence-electron chi connectivity index (χ1n) is 8.69. The van der Waals surface area contributed by atoms with Gasteiger partial charge in [0, 0.05) is 12.0 Å². The van der Waals surface area contributed by atoms with Gasteiger partial charge in [0.05, 0.1) is 23.3 Å². The highest BCUT2D eigenvalue weighted by atomic mass is 16.5. The monoisotopic (exact) mass is 353 g/mol. The highest BCUT2D eigenvalue weighted by Gasteiger charge is 2.33. The van der Waals surface area contributed by atoms with Gasteiger partial charge in [0.15, 0.2) is 0 Å². The molecule has 1 aliphatic rings. The predicted octanol–water partition coefficient (Wildman–Crippen LogP) is 2.69. The molecular weight excluding hydrogens is 334 g/mol. The third-order valence-electron chi connectivity index (χ3n) is 5.02. The summed E-state index contributed by atoms with van der Waals surface area (Å²) in [5.74, 6) is 0.609. The van der Waals surface area contributed by atoms with Crippen molar-refractivity contribution < 1.29 is 9.15 Å². The Bertz CT molecular complexity index is 1240. The topological polar surface area (TPSA) is 98.3 Å². The standard InChI is InChI=1S/C18H19N5O3/c1-8(2)12-10-6-25-18(3,4)5-9(10)11-13-14(26-15(11)20-12)16(24)23-7-19-22-17(23)21-13/h7-8H,5-6H2,1-4H3,(H,21,22). The van der Waals surface area contributed by atoms with Crippen molar-refractivity contribution in [2.75, 3.05) is 0 Å². The zero-order chi connectivity index (χ0) is 18.2. The quantitative estimate of drug-likeness (QED) is 0.565. The number of aromatic amines is 1. The van der Waals surface area contributed by atoms with Crippen LogP contribution in [0, 0.1) is 0 Å². The van der Waals surface area contributed by atoms with Gasteiger partial charge in [0.25, 0.3) is 0 Å². The molecule has 0 aliphatic carbocycles. The molecule has 5 heterocycles. The van der Waals surface area contributed by atoms with Crippen molar-refractivity contribution in [2.24, 2.45) is 0 Å². The number of hydrogen-bond donors (Lipinski definition) is 1. The molecule has 4 aromatic rings. The summed E-state index contributed by atoms with van der Waals surface area (Å²) in [7, 11) is 0. The molecule has 0 atom stereocenters. The van der Waals surface area contributed by atoms with Crippen LogP contribution in [0.5, 0.6) is 0 Å². The van der Waals surface area contributed by atoms with Gasteiger partial charge < -0.3 is 9.15 Å². The van der Waals surface area contributed by atoms with E-state index in [9.17, 15) is 4.79 Å². The summed E-state index contributed by atoms with van der Waals surface area (Å²) in [6.07, 6.45) is 2.11. The molecule has 0 aromatic carbocycles. The summed E-state index contributed by atoms with van der Waals surface area (Å²) in [5, 5.41) is 7.45. The zero-order valence-electron chi connectivity index (χ0n) is 15.1. The van der Waals surface area contributed by atoms with E-state index in [1.807, 2.05) is 0 Å². The van der Waals surface area contributed by atoms with E-state index in [0.29, 0.717) is 30.0 Å². The van der Waals surface area contributed by atoms with Crippen molar-refractivity contribution in [3.05, 3.63) is 33.5 Å². The maximum Gasteiger partial charge on any atom is 0.304 e. The average molecular weight is 353 g/mol. The lowest BCUT2D eigenvalue weighted by molar-refractivity contribution is -0.0402. The molecule has 26 heavy (non-hydrogen) atoms. The molecule has 0 bridgehead atoms. The van der Waals surface area contributed by atoms with Crippen LogP contribution in [0.25, 0.3) is 28.0 Å². The number of H-pyrrole nitrogens is 1. The number of nitrogens with zero attached hydrogens (tertiary/aromatic N) is 4. The Morgan fingerprint density at radius 2 is 2.08 bits per heavy atom. The molecule has 0 amide bonds. The van der Waals surface area contributed by atoms with Gasteiger partial charge in [-0.1, -0.05) is 13.8 Å². The van der Waals surface area contributed by atoms with E-state index >= 15 is 0 Å². The molecule has 0 radical (unpaired) electrons. The van der Waals surface area contributed by atoms with Gasteiger partial charge in [-0.05, 0) is 25.3 Å². The van der Waals surface area contributed by atoms with E-state index in [4.69, 9.17) is 14.1 Å². The first kappa shape index (κ1) is 15.5. The minimum atomic E-state index is -0.299. The number of pyridine rings is 1. The molecule has 0 saturated heterocycles. The molecule has 8 heteroatoms. The van der Waals surface area contributed by atoms with Crippen molar-refractivity contribution in [2.45, 2.75) is 52.2 Å². The van der Waals surface area contributed by atoms with Gasteiger partial charge in [-0.3, -0.25) is 4.79 Å². The van der Waals surface area contributed by atoms with Crippen molar-refractivity contribution in [3.63, 3.8) is 0 Å². The predicted molar refractivity (Wildman–Crippen MR) is 95.3 cm³/mol. The lowest BCUT2D eigenvalue weighted by atomic mass is 9.87. The Morgan fingerprint density at radius 3 is 2.85 bits per heavy atom. The lowest BCUT2D eigenvalue weighted by Gasteiger charge is -2.33. The summed E-state index contributed by atoms with van der Waals surface area (Å²) < 4.78 is 13.3. The van der Waals surface area contributed by atoms with Crippen molar-refractivity contribution >= 4 is 28.0 Å². The van der Waals surface area contributed by atoms with Crippen LogP contribution < -0.4 is 5.56 Å². The molecular formula is C18H19N5O3. The number of ether oxygens (including phenoxy) is 1. The zero-order valence-corrected chi connectivity index (χ0v) is 15.1. The van der Waals surface area contributed by atoms with Crippen LogP contribution in [-0.4, -0.2) is 30.2 Å². The number of aromatic nitrogens is 5. The second-order valence-electron chi connectivity index (χ2n) is 7.76. The van der Waals surface area contributed by atoms with Gasteiger partial charge in [-0.2, -0.15) is 5.10 Å². The molecule has 5 rings (SSSR count). The summed E-state index contributed by atoms with van der Waals surface area (Å²) in [6, 6.07) is 0. The number of hydrogen-bond acceptors (Lipinski definition) is 6. The minimum Gasteiger partial charge on any atom is -0.430 e. The highest BCUT2D eigenvalue weighted by Crippen LogP contribution is 2.39. The SMILES string of the molecule is CC(C)c1nc2oc3c(=O)n4cn[nH]c4nc3c2c2c1COC(C)(C)C2. The summed E-state index contributed by atoms with van der Waals surface area (Å²) >= 11 is 0. The van der Waals surface area contributed by atoms with Gasteiger partial charge in [-0.25, -0.2) is 19.5 Å². The van der Waals surface area contributed by atoms with E-state index in [1.165, 1.54) is 10.7 Å². The minimum absolute atomic E-state index is 0.207. The van der Waals surface area contributed by atoms with Crippen molar-refractivity contribution in [1.82, 2.24) is 24.6 Å². The number of furan rings is 1. The second kappa shape index (κ2) is 4.91. The van der Waals surface area contributed by atoms with Crippen molar-refractivity contribution in [1.29, 1.82) is 0 Å². The van der Waals surface area contributed by atoms with E-state index in [1.54, 1.807) is 0 Å². The fourth-order valence-corrected chi connectivity index (χ4v) is 3.77. The van der Waals surface area contributed by atoms with Gasteiger partial charge in [0.2, 0.25) is 17.1 Å². The average Bonchev–Trinajstić information content (AvgIpc) is 3.18.